The van der Waals surface area contributed by atoms with Gasteiger partial charge >= 0.3 is 11.5 Å². The van der Waals surface area contributed by atoms with E-state index in [2.05, 4.69) is 18.7 Å². The van der Waals surface area contributed by atoms with Crippen molar-refractivity contribution in [1.82, 2.24) is 0 Å². The highest BCUT2D eigenvalue weighted by Crippen LogP contribution is 2.23. The predicted octanol–water partition coefficient (Wildman–Crippen LogP) is 2.70. The molecule has 88 valence electrons. The third-order valence-corrected chi connectivity index (χ3v) is 2.17. The summed E-state index contributed by atoms with van der Waals surface area (Å²) in [6.07, 6.45) is 0. The molecule has 0 amide bonds. The molecule has 0 aliphatic heterocycles. The van der Waals surface area contributed by atoms with E-state index >= 15 is 0 Å². The van der Waals surface area contributed by atoms with Gasteiger partial charge in [0, 0.05) is 28.7 Å². The molecule has 0 fully saturated rings. The van der Waals surface area contributed by atoms with E-state index in [0.717, 1.165) is 0 Å². The van der Waals surface area contributed by atoms with Gasteiger partial charge in [-0.1, -0.05) is 12.0 Å². The van der Waals surface area contributed by atoms with E-state index in [1.54, 1.807) is 0 Å². The van der Waals surface area contributed by atoms with Gasteiger partial charge in [0.1, 0.15) is 0 Å². The van der Waals surface area contributed by atoms with E-state index in [0.29, 0.717) is 0 Å². The number of nitrogens with zero attached hydrogens (tertiary/aromatic N) is 1. The van der Waals surface area contributed by atoms with Crippen LogP contribution in [0.4, 0.5) is 5.69 Å². The summed E-state index contributed by atoms with van der Waals surface area (Å²) in [6, 6.07) is 4.08. The number of fused-ring (bicyclic) bond motifs is 1. The molecule has 2 aromatic rings. The molecule has 1 aromatic carbocycles. The average Bonchev–Trinajstić information content (AvgIpc) is 2.68. The van der Waals surface area contributed by atoms with Crippen molar-refractivity contribution < 1.29 is 13.8 Å². The Kier molecular flexibility index (Phi) is 4.71. The normalized spacial score (nSPS) is 8.82. The first-order chi connectivity index (χ1) is 8.10. The molecule has 1 heterocycles. The Hall–Kier alpha value is -1.82. The third-order valence-electron chi connectivity index (χ3n) is 1.63. The fourth-order valence-electron chi connectivity index (χ4n) is 1.02. The summed E-state index contributed by atoms with van der Waals surface area (Å²) in [5.41, 5.74) is -0.319. The van der Waals surface area contributed by atoms with Crippen molar-refractivity contribution in [2.45, 2.75) is 6.92 Å². The van der Waals surface area contributed by atoms with Crippen LogP contribution in [0.1, 0.15) is 6.92 Å². The highest BCUT2D eigenvalue weighted by molar-refractivity contribution is 14.1. The SMILES string of the molecule is CC#CI.O=c1oc2cccc([N+](=O)[O-])c2o1. The van der Waals surface area contributed by atoms with Crippen molar-refractivity contribution in [1.29, 1.82) is 0 Å². The van der Waals surface area contributed by atoms with Gasteiger partial charge in [-0.25, -0.2) is 4.79 Å². The summed E-state index contributed by atoms with van der Waals surface area (Å²) in [6.45, 7) is 1.81. The van der Waals surface area contributed by atoms with Crippen LogP contribution in [-0.4, -0.2) is 4.92 Å². The zero-order chi connectivity index (χ0) is 12.8. The van der Waals surface area contributed by atoms with E-state index in [1.807, 2.05) is 29.5 Å². The molecule has 0 atom stereocenters. The van der Waals surface area contributed by atoms with Crippen LogP contribution >= 0.6 is 22.6 Å². The van der Waals surface area contributed by atoms with Gasteiger partial charge in [0.25, 0.3) is 5.58 Å². The first-order valence-corrected chi connectivity index (χ1v) is 5.37. The molecule has 2 rings (SSSR count). The molecule has 7 heteroatoms. The van der Waals surface area contributed by atoms with Crippen molar-refractivity contribution in [2.24, 2.45) is 0 Å². The largest absolute Gasteiger partial charge is 0.519 e. The van der Waals surface area contributed by atoms with Crippen LogP contribution in [0.5, 0.6) is 0 Å². The van der Waals surface area contributed by atoms with Crippen LogP contribution < -0.4 is 5.82 Å². The molecule has 0 spiro atoms. The minimum Gasteiger partial charge on any atom is -0.390 e. The van der Waals surface area contributed by atoms with Gasteiger partial charge in [-0.2, -0.15) is 0 Å². The number of hydrogen-bond acceptors (Lipinski definition) is 5. The van der Waals surface area contributed by atoms with Crippen molar-refractivity contribution in [2.75, 3.05) is 0 Å². The molecule has 0 saturated carbocycles. The van der Waals surface area contributed by atoms with Crippen LogP contribution in [0.3, 0.4) is 0 Å². The van der Waals surface area contributed by atoms with Crippen molar-refractivity contribution >= 4 is 39.4 Å². The minimum absolute atomic E-state index is 0.0826. The maximum absolute atomic E-state index is 10.6. The number of nitro groups is 1. The number of benzene rings is 1. The first kappa shape index (κ1) is 13.2. The van der Waals surface area contributed by atoms with Crippen molar-refractivity contribution in [3.63, 3.8) is 0 Å². The molecular weight excluding hydrogens is 341 g/mol. The lowest BCUT2D eigenvalue weighted by atomic mass is 10.3. The molecule has 1 aromatic heterocycles. The summed E-state index contributed by atoms with van der Waals surface area (Å²) in [5.74, 6) is 1.73. The fourth-order valence-corrected chi connectivity index (χ4v) is 1.02. The van der Waals surface area contributed by atoms with Crippen LogP contribution in [-0.2, 0) is 0 Å². The minimum atomic E-state index is -0.940. The Labute approximate surface area is 109 Å². The van der Waals surface area contributed by atoms with Crippen LogP contribution in [0.15, 0.2) is 31.8 Å². The molecule has 0 radical (unpaired) electrons. The van der Waals surface area contributed by atoms with Gasteiger partial charge in [0.2, 0.25) is 0 Å². The lowest BCUT2D eigenvalue weighted by Gasteiger charge is -1.88. The molecule has 6 nitrogen and oxygen atoms in total. The molecule has 0 bridgehead atoms. The zero-order valence-electron chi connectivity index (χ0n) is 8.60. The fraction of sp³-hybridized carbons (Fsp3) is 0.100. The summed E-state index contributed by atoms with van der Waals surface area (Å²) < 4.78 is 11.7. The lowest BCUT2D eigenvalue weighted by Crippen LogP contribution is -1.88. The molecule has 0 N–H and O–H groups in total. The Bertz CT molecular complexity index is 640. The van der Waals surface area contributed by atoms with Crippen molar-refractivity contribution in [3.8, 4) is 9.85 Å². The standard InChI is InChI=1S/C7H3NO5.C3H3I/c9-7-12-5-3-1-2-4(8(10)11)6(5)13-7;1-2-3-4/h1-3H;1H3. The highest BCUT2D eigenvalue weighted by atomic mass is 127. The molecule has 0 unspecified atom stereocenters. The van der Waals surface area contributed by atoms with Gasteiger partial charge in [-0.3, -0.25) is 10.1 Å². The number of nitro benzene ring substituents is 1. The second-order valence-corrected chi connectivity index (χ2v) is 3.20. The zero-order valence-corrected chi connectivity index (χ0v) is 10.8. The first-order valence-electron chi connectivity index (χ1n) is 4.29. The maximum Gasteiger partial charge on any atom is 0.519 e. The van der Waals surface area contributed by atoms with Gasteiger partial charge in [-0.15, -0.1) is 0 Å². The predicted molar refractivity (Wildman–Crippen MR) is 68.9 cm³/mol. The maximum atomic E-state index is 10.6. The quantitative estimate of drug-likeness (QED) is 0.343. The summed E-state index contributed by atoms with van der Waals surface area (Å²) in [7, 11) is 0. The molecule has 17 heavy (non-hydrogen) atoms. The van der Waals surface area contributed by atoms with E-state index in [9.17, 15) is 14.9 Å². The number of rotatable bonds is 1. The average molecular weight is 347 g/mol. The third kappa shape index (κ3) is 3.32. The summed E-state index contributed by atoms with van der Waals surface area (Å²) in [5, 5.41) is 10.4. The van der Waals surface area contributed by atoms with Crippen LogP contribution in [0, 0.1) is 20.0 Å². The molecular formula is C10H6INO5. The number of halogens is 1. The smallest absolute Gasteiger partial charge is 0.390 e. The topological polar surface area (TPSA) is 86.5 Å². The van der Waals surface area contributed by atoms with Crippen LogP contribution in [0.2, 0.25) is 0 Å². The number of para-hydroxylation sites is 1. The van der Waals surface area contributed by atoms with E-state index < -0.39 is 10.7 Å². The van der Waals surface area contributed by atoms with E-state index in [4.69, 9.17) is 0 Å². The van der Waals surface area contributed by atoms with Gasteiger partial charge in [0.15, 0.2) is 5.58 Å². The second-order valence-electron chi connectivity index (χ2n) is 2.66. The molecule has 0 aliphatic carbocycles. The second kappa shape index (κ2) is 6.05. The summed E-state index contributed by atoms with van der Waals surface area (Å²) >= 11 is 1.99. The van der Waals surface area contributed by atoms with Gasteiger partial charge in [-0.05, 0) is 16.9 Å². The Balaban J connectivity index is 0.000000317. The highest BCUT2D eigenvalue weighted by Gasteiger charge is 2.16. The molecule has 0 saturated heterocycles. The lowest BCUT2D eigenvalue weighted by molar-refractivity contribution is -0.383. The monoisotopic (exact) mass is 347 g/mol. The summed E-state index contributed by atoms with van der Waals surface area (Å²) in [4.78, 5) is 20.4. The Morgan fingerprint density at radius 1 is 1.41 bits per heavy atom. The van der Waals surface area contributed by atoms with Crippen molar-refractivity contribution in [3.05, 3.63) is 38.9 Å². The Morgan fingerprint density at radius 2 is 2.06 bits per heavy atom. The van der Waals surface area contributed by atoms with Gasteiger partial charge < -0.3 is 8.83 Å². The van der Waals surface area contributed by atoms with Gasteiger partial charge in [0.05, 0.1) is 4.92 Å². The van der Waals surface area contributed by atoms with E-state index in [1.165, 1.54) is 18.2 Å². The molecule has 0 aliphatic rings. The number of hydrogen-bond donors (Lipinski definition) is 0. The Morgan fingerprint density at radius 3 is 2.59 bits per heavy atom. The number of non-ortho nitro benzene ring substituents is 1. The van der Waals surface area contributed by atoms with E-state index in [-0.39, 0.29) is 16.9 Å². The van der Waals surface area contributed by atoms with Crippen LogP contribution in [0.25, 0.3) is 11.2 Å².